The number of benzene rings is 1. The first-order valence-electron chi connectivity index (χ1n) is 9.52. The number of hydrogen-bond acceptors (Lipinski definition) is 3. The number of nitrogens with two attached hydrogens (primary N) is 1. The van der Waals surface area contributed by atoms with Crippen LogP contribution in [0.25, 0.3) is 11.1 Å². The maximum Gasteiger partial charge on any atom is 0.241 e. The van der Waals surface area contributed by atoms with E-state index in [9.17, 15) is 10.0 Å². The number of nitrogens with zero attached hydrogens (tertiary/aromatic N) is 1. The summed E-state index contributed by atoms with van der Waals surface area (Å²) in [5.74, 6) is 0.117. The number of aromatic nitrogens is 1. The molecule has 144 valence electrons. The van der Waals surface area contributed by atoms with Gasteiger partial charge in [0.1, 0.15) is 0 Å². The van der Waals surface area contributed by atoms with E-state index in [0.29, 0.717) is 22.0 Å². The number of hydrogen-bond donors (Lipinski definition) is 2. The second kappa shape index (κ2) is 8.72. The molecule has 1 aromatic carbocycles. The summed E-state index contributed by atoms with van der Waals surface area (Å²) in [6.07, 6.45) is 8.20. The zero-order chi connectivity index (χ0) is 19.4. The van der Waals surface area contributed by atoms with Gasteiger partial charge in [-0.2, -0.15) is 4.73 Å². The Bertz CT molecular complexity index is 800. The molecule has 1 heterocycles. The van der Waals surface area contributed by atoms with E-state index in [-0.39, 0.29) is 11.8 Å². The number of anilines is 1. The van der Waals surface area contributed by atoms with Crippen molar-refractivity contribution in [2.24, 2.45) is 11.7 Å². The molecular formula is C21H26ClN3O2. The van der Waals surface area contributed by atoms with Gasteiger partial charge in [0.25, 0.3) is 0 Å². The van der Waals surface area contributed by atoms with Crippen LogP contribution >= 0.6 is 11.6 Å². The van der Waals surface area contributed by atoms with Gasteiger partial charge in [-0.15, -0.1) is 0 Å². The van der Waals surface area contributed by atoms with Gasteiger partial charge >= 0.3 is 0 Å². The van der Waals surface area contributed by atoms with E-state index in [1.54, 1.807) is 13.0 Å². The Balaban J connectivity index is 1.71. The molecule has 1 aromatic heterocycles. The van der Waals surface area contributed by atoms with Crippen LogP contribution in [-0.4, -0.2) is 11.9 Å². The fourth-order valence-electron chi connectivity index (χ4n) is 3.79. The fourth-order valence-corrected chi connectivity index (χ4v) is 4.09. The molecule has 0 aliphatic heterocycles. The summed E-state index contributed by atoms with van der Waals surface area (Å²) in [5, 5.41) is 15.2. The normalized spacial score (nSPS) is 16.6. The van der Waals surface area contributed by atoms with Crippen molar-refractivity contribution in [1.29, 1.82) is 0 Å². The summed E-state index contributed by atoms with van der Waals surface area (Å²) in [6, 6.07) is 8.42. The van der Waals surface area contributed by atoms with Crippen LogP contribution in [0.2, 0.25) is 5.02 Å². The van der Waals surface area contributed by atoms with Gasteiger partial charge < -0.3 is 16.3 Å². The average molecular weight is 388 g/mol. The molecule has 0 saturated heterocycles. The first-order valence-corrected chi connectivity index (χ1v) is 9.90. The maximum atomic E-state index is 12.5. The zero-order valence-electron chi connectivity index (χ0n) is 15.6. The summed E-state index contributed by atoms with van der Waals surface area (Å²) in [6.45, 7) is 1.73. The monoisotopic (exact) mass is 387 g/mol. The van der Waals surface area contributed by atoms with Crippen molar-refractivity contribution in [3.05, 3.63) is 52.5 Å². The summed E-state index contributed by atoms with van der Waals surface area (Å²) >= 11 is 6.26. The summed E-state index contributed by atoms with van der Waals surface area (Å²) in [4.78, 5) is 12.5. The lowest BCUT2D eigenvalue weighted by Crippen LogP contribution is -2.41. The lowest BCUT2D eigenvalue weighted by Gasteiger charge is -2.21. The molecule has 1 saturated carbocycles. The standard InChI is InChI=1S/C21H26ClN3O2/c1-14-19(18(22)12-13-25(14)27)15-8-10-17(11-9-15)24-21(26)20(23)16-6-4-2-3-5-7-16/h8-13,16,20H,2-7,23H2,1H3,(H,24,26)/t20-/m0/s1. The molecule has 0 unspecified atom stereocenters. The number of rotatable bonds is 4. The number of carbonyl (C=O) groups is 1. The van der Waals surface area contributed by atoms with Crippen LogP contribution in [0.5, 0.6) is 0 Å². The third kappa shape index (κ3) is 4.60. The highest BCUT2D eigenvalue weighted by Crippen LogP contribution is 2.30. The van der Waals surface area contributed by atoms with Crippen LogP contribution in [0.3, 0.4) is 0 Å². The van der Waals surface area contributed by atoms with Gasteiger partial charge in [-0.1, -0.05) is 49.4 Å². The van der Waals surface area contributed by atoms with E-state index < -0.39 is 6.04 Å². The van der Waals surface area contributed by atoms with E-state index in [4.69, 9.17) is 17.3 Å². The molecule has 0 radical (unpaired) electrons. The Morgan fingerprint density at radius 2 is 1.81 bits per heavy atom. The summed E-state index contributed by atoms with van der Waals surface area (Å²) in [5.41, 5.74) is 8.97. The molecule has 1 fully saturated rings. The van der Waals surface area contributed by atoms with Crippen molar-refractivity contribution in [3.8, 4) is 11.1 Å². The third-order valence-corrected chi connectivity index (χ3v) is 5.75. The molecule has 27 heavy (non-hydrogen) atoms. The maximum absolute atomic E-state index is 12.5. The average Bonchev–Trinajstić information content (AvgIpc) is 2.95. The summed E-state index contributed by atoms with van der Waals surface area (Å²) in [7, 11) is 0. The molecular weight excluding hydrogens is 362 g/mol. The fraction of sp³-hybridized carbons (Fsp3) is 0.429. The molecule has 1 aliphatic carbocycles. The highest BCUT2D eigenvalue weighted by molar-refractivity contribution is 6.33. The Morgan fingerprint density at radius 3 is 2.44 bits per heavy atom. The molecule has 3 N–H and O–H groups in total. The minimum Gasteiger partial charge on any atom is -0.618 e. The quantitative estimate of drug-likeness (QED) is 0.469. The Kier molecular flexibility index (Phi) is 6.34. The predicted molar refractivity (Wildman–Crippen MR) is 108 cm³/mol. The number of nitrogens with one attached hydrogen (secondary N) is 1. The van der Waals surface area contributed by atoms with Crippen LogP contribution in [0.15, 0.2) is 36.5 Å². The Morgan fingerprint density at radius 1 is 1.19 bits per heavy atom. The van der Waals surface area contributed by atoms with E-state index >= 15 is 0 Å². The second-order valence-corrected chi connectivity index (χ2v) is 7.70. The number of amides is 1. The topological polar surface area (TPSA) is 82.1 Å². The lowest BCUT2D eigenvalue weighted by molar-refractivity contribution is -0.611. The molecule has 1 atom stereocenters. The van der Waals surface area contributed by atoms with Gasteiger partial charge in [0.2, 0.25) is 5.91 Å². The number of pyridine rings is 1. The molecule has 6 heteroatoms. The molecule has 3 rings (SSSR count). The molecule has 2 aromatic rings. The van der Waals surface area contributed by atoms with Gasteiger partial charge in [0.05, 0.1) is 16.6 Å². The van der Waals surface area contributed by atoms with Crippen molar-refractivity contribution in [2.45, 2.75) is 51.5 Å². The van der Waals surface area contributed by atoms with Crippen LogP contribution in [0.4, 0.5) is 5.69 Å². The van der Waals surface area contributed by atoms with Crippen molar-refractivity contribution in [2.75, 3.05) is 5.32 Å². The molecule has 5 nitrogen and oxygen atoms in total. The largest absolute Gasteiger partial charge is 0.618 e. The van der Waals surface area contributed by atoms with Gasteiger partial charge in [-0.25, -0.2) is 0 Å². The Hall–Kier alpha value is -2.11. The van der Waals surface area contributed by atoms with E-state index in [1.807, 2.05) is 24.3 Å². The summed E-state index contributed by atoms with van der Waals surface area (Å²) < 4.78 is 0.794. The zero-order valence-corrected chi connectivity index (χ0v) is 16.3. The van der Waals surface area contributed by atoms with Crippen molar-refractivity contribution >= 4 is 23.2 Å². The van der Waals surface area contributed by atoms with Gasteiger partial charge in [0.15, 0.2) is 11.9 Å². The van der Waals surface area contributed by atoms with E-state index in [2.05, 4.69) is 5.32 Å². The Labute approximate surface area is 165 Å². The third-order valence-electron chi connectivity index (χ3n) is 5.44. The van der Waals surface area contributed by atoms with Crippen molar-refractivity contribution in [1.82, 2.24) is 0 Å². The highest BCUT2D eigenvalue weighted by Gasteiger charge is 2.25. The van der Waals surface area contributed by atoms with Crippen molar-refractivity contribution in [3.63, 3.8) is 0 Å². The molecule has 0 bridgehead atoms. The van der Waals surface area contributed by atoms with E-state index in [1.165, 1.54) is 19.0 Å². The number of halogens is 1. The van der Waals surface area contributed by atoms with Crippen molar-refractivity contribution < 1.29 is 9.52 Å². The lowest BCUT2D eigenvalue weighted by atomic mass is 9.92. The molecule has 1 aliphatic rings. The highest BCUT2D eigenvalue weighted by atomic mass is 35.5. The molecule has 1 amide bonds. The smallest absolute Gasteiger partial charge is 0.241 e. The first kappa shape index (κ1) is 19.6. The second-order valence-electron chi connectivity index (χ2n) is 7.29. The van der Waals surface area contributed by atoms with Gasteiger partial charge in [0, 0.05) is 18.7 Å². The number of carbonyl (C=O) groups excluding carboxylic acids is 1. The van der Waals surface area contributed by atoms with Gasteiger partial charge in [-0.3, -0.25) is 4.79 Å². The minimum atomic E-state index is -0.479. The predicted octanol–water partition coefficient (Wildman–Crippen LogP) is 4.19. The van der Waals surface area contributed by atoms with E-state index in [0.717, 1.165) is 36.0 Å². The first-order chi connectivity index (χ1) is 13.0. The van der Waals surface area contributed by atoms with Crippen LogP contribution in [-0.2, 0) is 4.79 Å². The van der Waals surface area contributed by atoms with Crippen LogP contribution < -0.4 is 15.8 Å². The molecule has 0 spiro atoms. The van der Waals surface area contributed by atoms with Crippen LogP contribution in [0, 0.1) is 18.0 Å². The van der Waals surface area contributed by atoms with Crippen LogP contribution in [0.1, 0.15) is 44.2 Å². The SMILES string of the molecule is Cc1c(-c2ccc(NC(=O)[C@@H](N)C3CCCCCC3)cc2)c(Cl)cc[n+]1[O-]. The minimum absolute atomic E-state index is 0.138. The van der Waals surface area contributed by atoms with Gasteiger partial charge in [-0.05, 0) is 36.5 Å².